The summed E-state index contributed by atoms with van der Waals surface area (Å²) in [6.45, 7) is 0. The molecule has 0 amide bonds. The van der Waals surface area contributed by atoms with Crippen molar-refractivity contribution < 1.29 is 5.11 Å². The summed E-state index contributed by atoms with van der Waals surface area (Å²) in [5.41, 5.74) is 1.25. The van der Waals surface area contributed by atoms with E-state index in [1.807, 2.05) is 0 Å². The molecule has 0 aliphatic carbocycles. The maximum atomic E-state index is 9.55. The van der Waals surface area contributed by atoms with Gasteiger partial charge in [-0.2, -0.15) is 0 Å². The van der Waals surface area contributed by atoms with Gasteiger partial charge >= 0.3 is 0 Å². The fraction of sp³-hybridized carbons (Fsp3) is 0.111. The van der Waals surface area contributed by atoms with E-state index in [0.29, 0.717) is 5.75 Å². The van der Waals surface area contributed by atoms with Crippen LogP contribution < -0.4 is 0 Å². The Kier molecular flexibility index (Phi) is 2.80. The fourth-order valence-electron chi connectivity index (χ4n) is 1.23. The molecule has 0 saturated carbocycles. The van der Waals surface area contributed by atoms with Crippen LogP contribution in [0, 0.1) is 3.57 Å². The van der Waals surface area contributed by atoms with E-state index in [0.717, 1.165) is 19.0 Å². The molecule has 0 aliphatic rings. The third-order valence-electron chi connectivity index (χ3n) is 1.82. The minimum absolute atomic E-state index is 0.394. The van der Waals surface area contributed by atoms with E-state index in [9.17, 15) is 5.11 Å². The Labute approximate surface area is 102 Å². The third kappa shape index (κ3) is 1.71. The molecule has 68 valence electrons. The molecular formula is C9H6BrIOS. The monoisotopic (exact) mass is 368 g/mol. The molecule has 1 aromatic heterocycles. The van der Waals surface area contributed by atoms with Crippen molar-refractivity contribution in [1.82, 2.24) is 0 Å². The average molecular weight is 369 g/mol. The Balaban J connectivity index is 2.79. The van der Waals surface area contributed by atoms with Gasteiger partial charge in [0.1, 0.15) is 5.75 Å². The molecule has 0 fully saturated rings. The summed E-state index contributed by atoms with van der Waals surface area (Å²) >= 11 is 7.26. The first kappa shape index (κ1) is 9.73. The number of rotatable bonds is 1. The first-order chi connectivity index (χ1) is 6.22. The third-order valence-corrected chi connectivity index (χ3v) is 4.24. The van der Waals surface area contributed by atoms with Gasteiger partial charge in [0.15, 0.2) is 0 Å². The minimum atomic E-state index is 0.394. The molecule has 1 heterocycles. The molecule has 1 aromatic carbocycles. The van der Waals surface area contributed by atoms with Crippen molar-refractivity contribution in [2.24, 2.45) is 0 Å². The highest BCUT2D eigenvalue weighted by atomic mass is 127. The van der Waals surface area contributed by atoms with Gasteiger partial charge in [-0.15, -0.1) is 11.3 Å². The lowest BCUT2D eigenvalue weighted by Gasteiger charge is -1.99. The molecule has 1 nitrogen and oxygen atoms in total. The number of hydrogen-bond donors (Lipinski definition) is 1. The van der Waals surface area contributed by atoms with Gasteiger partial charge in [-0.3, -0.25) is 0 Å². The first-order valence-corrected chi connectivity index (χ1v) is 6.75. The van der Waals surface area contributed by atoms with Crippen LogP contribution in [0.2, 0.25) is 0 Å². The molecule has 0 unspecified atom stereocenters. The van der Waals surface area contributed by atoms with Crippen LogP contribution in [0.4, 0.5) is 0 Å². The zero-order chi connectivity index (χ0) is 9.42. The Morgan fingerprint density at radius 2 is 2.23 bits per heavy atom. The van der Waals surface area contributed by atoms with Gasteiger partial charge in [0.25, 0.3) is 0 Å². The SMILES string of the molecule is Oc1csc2cc(CBr)cc(I)c12. The molecule has 0 atom stereocenters. The number of alkyl halides is 1. The van der Waals surface area contributed by atoms with E-state index in [1.165, 1.54) is 5.56 Å². The van der Waals surface area contributed by atoms with Crippen molar-refractivity contribution in [2.45, 2.75) is 5.33 Å². The predicted octanol–water partition coefficient (Wildman–Crippen LogP) is 4.11. The van der Waals surface area contributed by atoms with E-state index < -0.39 is 0 Å². The Bertz CT molecular complexity index is 452. The molecule has 2 rings (SSSR count). The Morgan fingerprint density at radius 3 is 2.92 bits per heavy atom. The van der Waals surface area contributed by atoms with Crippen molar-refractivity contribution in [2.75, 3.05) is 0 Å². The van der Waals surface area contributed by atoms with Crippen LogP contribution in [0.25, 0.3) is 10.1 Å². The second kappa shape index (κ2) is 3.74. The maximum absolute atomic E-state index is 9.55. The molecule has 4 heteroatoms. The number of hydrogen-bond acceptors (Lipinski definition) is 2. The minimum Gasteiger partial charge on any atom is -0.506 e. The molecule has 0 saturated heterocycles. The van der Waals surface area contributed by atoms with Crippen LogP contribution in [0.5, 0.6) is 5.75 Å². The smallest absolute Gasteiger partial charge is 0.135 e. The highest BCUT2D eigenvalue weighted by molar-refractivity contribution is 14.1. The zero-order valence-corrected chi connectivity index (χ0v) is 11.1. The first-order valence-electron chi connectivity index (χ1n) is 3.67. The van der Waals surface area contributed by atoms with Crippen LogP contribution in [0.15, 0.2) is 17.5 Å². The van der Waals surface area contributed by atoms with E-state index >= 15 is 0 Å². The van der Waals surface area contributed by atoms with Crippen molar-refractivity contribution in [3.63, 3.8) is 0 Å². The number of fused-ring (bicyclic) bond motifs is 1. The van der Waals surface area contributed by atoms with Gasteiger partial charge in [0.05, 0.1) is 0 Å². The molecular weight excluding hydrogens is 363 g/mol. The topological polar surface area (TPSA) is 20.2 Å². The fourth-order valence-corrected chi connectivity index (χ4v) is 3.61. The van der Waals surface area contributed by atoms with Gasteiger partial charge in [0, 0.05) is 24.4 Å². The molecule has 0 aliphatic heterocycles. The molecule has 13 heavy (non-hydrogen) atoms. The average Bonchev–Trinajstić information content (AvgIpc) is 2.48. The normalized spacial score (nSPS) is 10.9. The van der Waals surface area contributed by atoms with Crippen LogP contribution in [0.3, 0.4) is 0 Å². The van der Waals surface area contributed by atoms with Crippen molar-refractivity contribution in [3.8, 4) is 5.75 Å². The van der Waals surface area contributed by atoms with Crippen molar-refractivity contribution >= 4 is 59.9 Å². The Hall–Kier alpha value is 0.190. The number of thiophene rings is 1. The number of halogens is 2. The summed E-state index contributed by atoms with van der Waals surface area (Å²) in [4.78, 5) is 0. The maximum Gasteiger partial charge on any atom is 0.135 e. The lowest BCUT2D eigenvalue weighted by atomic mass is 10.2. The number of aromatic hydroxyl groups is 1. The van der Waals surface area contributed by atoms with E-state index in [1.54, 1.807) is 16.7 Å². The summed E-state index contributed by atoms with van der Waals surface area (Å²) in [6, 6.07) is 4.20. The summed E-state index contributed by atoms with van der Waals surface area (Å²) in [6.07, 6.45) is 0. The van der Waals surface area contributed by atoms with E-state index in [4.69, 9.17) is 0 Å². The van der Waals surface area contributed by atoms with Gasteiger partial charge < -0.3 is 5.11 Å². The molecule has 0 radical (unpaired) electrons. The molecule has 0 bridgehead atoms. The van der Waals surface area contributed by atoms with Crippen LogP contribution >= 0.6 is 49.9 Å². The summed E-state index contributed by atoms with van der Waals surface area (Å²) in [5, 5.41) is 13.2. The highest BCUT2D eigenvalue weighted by Crippen LogP contribution is 2.35. The zero-order valence-electron chi connectivity index (χ0n) is 6.55. The second-order valence-electron chi connectivity index (χ2n) is 2.71. The van der Waals surface area contributed by atoms with Crippen LogP contribution in [0.1, 0.15) is 5.56 Å². The van der Waals surface area contributed by atoms with Gasteiger partial charge in [-0.05, 0) is 40.3 Å². The lowest BCUT2D eigenvalue weighted by Crippen LogP contribution is -1.79. The molecule has 0 spiro atoms. The highest BCUT2D eigenvalue weighted by Gasteiger charge is 2.07. The van der Waals surface area contributed by atoms with E-state index in [-0.39, 0.29) is 0 Å². The second-order valence-corrected chi connectivity index (χ2v) is 5.34. The van der Waals surface area contributed by atoms with E-state index in [2.05, 4.69) is 50.7 Å². The van der Waals surface area contributed by atoms with Crippen LogP contribution in [-0.2, 0) is 5.33 Å². The Morgan fingerprint density at radius 1 is 1.46 bits per heavy atom. The summed E-state index contributed by atoms with van der Waals surface area (Å²) in [5.74, 6) is 0.394. The summed E-state index contributed by atoms with van der Waals surface area (Å²) < 4.78 is 2.27. The quantitative estimate of drug-likeness (QED) is 0.593. The van der Waals surface area contributed by atoms with Gasteiger partial charge in [-0.25, -0.2) is 0 Å². The standard InChI is InChI=1S/C9H6BrIOS/c10-3-5-1-6(11)9-7(12)4-13-8(9)2-5/h1-2,4,12H,3H2. The molecule has 2 aromatic rings. The van der Waals surface area contributed by atoms with Crippen molar-refractivity contribution in [3.05, 3.63) is 26.6 Å². The lowest BCUT2D eigenvalue weighted by molar-refractivity contribution is 0.483. The predicted molar refractivity (Wildman–Crippen MR) is 68.8 cm³/mol. The van der Waals surface area contributed by atoms with Gasteiger partial charge in [-0.1, -0.05) is 15.9 Å². The van der Waals surface area contributed by atoms with Gasteiger partial charge in [0.2, 0.25) is 0 Å². The van der Waals surface area contributed by atoms with Crippen molar-refractivity contribution in [1.29, 1.82) is 0 Å². The molecule has 1 N–H and O–H groups in total. The summed E-state index contributed by atoms with van der Waals surface area (Å²) in [7, 11) is 0. The van der Waals surface area contributed by atoms with Crippen LogP contribution in [-0.4, -0.2) is 5.11 Å². The largest absolute Gasteiger partial charge is 0.506 e. The number of benzene rings is 1.